The van der Waals surface area contributed by atoms with Gasteiger partial charge in [-0.3, -0.25) is 0 Å². The fourth-order valence-corrected chi connectivity index (χ4v) is 7.73. The molecule has 0 radical (unpaired) electrons. The van der Waals surface area contributed by atoms with E-state index in [1.165, 1.54) is 15.6 Å². The summed E-state index contributed by atoms with van der Waals surface area (Å²) in [6, 6.07) is 9.95. The van der Waals surface area contributed by atoms with Crippen LogP contribution in [0.1, 0.15) is 0 Å². The molecular weight excluding hydrogens is 442 g/mol. The van der Waals surface area contributed by atoms with E-state index in [-0.39, 0.29) is 31.1 Å². The summed E-state index contributed by atoms with van der Waals surface area (Å²) in [4.78, 5) is -0.838. The Morgan fingerprint density at radius 3 is 2.00 bits per heavy atom. The van der Waals surface area contributed by atoms with Crippen LogP contribution >= 0.6 is 11.3 Å². The Hall–Kier alpha value is -1.60. The molecule has 0 saturated carbocycles. The molecule has 0 N–H and O–H groups in total. The molecular formula is C18H16F2N2O4S3. The van der Waals surface area contributed by atoms with Crippen molar-refractivity contribution >= 4 is 42.2 Å². The normalized spacial score (nSPS) is 20.4. The van der Waals surface area contributed by atoms with Gasteiger partial charge in [-0.1, -0.05) is 26.6 Å². The maximum absolute atomic E-state index is 14.0. The molecule has 2 atom stereocenters. The van der Waals surface area contributed by atoms with Gasteiger partial charge in [0.1, 0.15) is 0 Å². The molecule has 1 saturated heterocycles. The minimum atomic E-state index is -4.42. The lowest BCUT2D eigenvalue weighted by molar-refractivity contribution is 0.240. The predicted octanol–water partition coefficient (Wildman–Crippen LogP) is 3.30. The van der Waals surface area contributed by atoms with E-state index in [1.807, 2.05) is 12.1 Å². The highest BCUT2D eigenvalue weighted by Gasteiger charge is 2.42. The van der Waals surface area contributed by atoms with Crippen LogP contribution in [0.15, 0.2) is 57.6 Å². The van der Waals surface area contributed by atoms with Crippen molar-refractivity contribution in [1.82, 2.24) is 8.61 Å². The molecule has 1 aliphatic heterocycles. The summed E-state index contributed by atoms with van der Waals surface area (Å²) in [5.41, 5.74) is 0. The molecule has 1 aliphatic rings. The molecule has 2 aromatic carbocycles. The van der Waals surface area contributed by atoms with E-state index in [9.17, 15) is 26.3 Å². The number of fused-ring (bicyclic) bond motifs is 1. The summed E-state index contributed by atoms with van der Waals surface area (Å²) in [6.07, 6.45) is 0. The average Bonchev–Trinajstić information content (AvgIpc) is 3.13. The van der Waals surface area contributed by atoms with Gasteiger partial charge in [-0.2, -0.15) is 0 Å². The Morgan fingerprint density at radius 1 is 0.828 bits per heavy atom. The number of sulfonamides is 2. The highest BCUT2D eigenvalue weighted by molar-refractivity contribution is 7.96. The van der Waals surface area contributed by atoms with E-state index in [0.29, 0.717) is 5.39 Å². The molecule has 6 nitrogen and oxygen atoms in total. The van der Waals surface area contributed by atoms with Gasteiger partial charge in [0, 0.05) is 15.5 Å². The summed E-state index contributed by atoms with van der Waals surface area (Å²) < 4.78 is 82.3. The van der Waals surface area contributed by atoms with Crippen molar-refractivity contribution in [2.75, 3.05) is 26.2 Å². The number of hydrogen-bond donors (Lipinski definition) is 0. The lowest BCUT2D eigenvalue weighted by Crippen LogP contribution is -2.53. The SMILES string of the molecule is O=[S+]([O-])(c1c(F)cccc1F)N1CCN([S+](=O)([O-])c2csc3ccccc23)CC1. The van der Waals surface area contributed by atoms with Crippen LogP contribution in [0, 0.1) is 11.6 Å². The van der Waals surface area contributed by atoms with E-state index in [0.717, 1.165) is 27.2 Å². The second kappa shape index (κ2) is 7.58. The molecule has 4 rings (SSSR count). The zero-order valence-corrected chi connectivity index (χ0v) is 17.4. The Balaban J connectivity index is 1.56. The highest BCUT2D eigenvalue weighted by atomic mass is 32.3. The van der Waals surface area contributed by atoms with Gasteiger partial charge in [0.25, 0.3) is 0 Å². The van der Waals surface area contributed by atoms with Gasteiger partial charge in [-0.25, -0.2) is 8.78 Å². The summed E-state index contributed by atoms with van der Waals surface area (Å²) >= 11 is 1.31. The highest BCUT2D eigenvalue weighted by Crippen LogP contribution is 2.35. The largest absolute Gasteiger partial charge is 0.593 e. The van der Waals surface area contributed by atoms with Crippen LogP contribution in [-0.4, -0.2) is 43.9 Å². The van der Waals surface area contributed by atoms with Gasteiger partial charge in [0.2, 0.25) is 4.90 Å². The van der Waals surface area contributed by atoms with Gasteiger partial charge in [-0.15, -0.1) is 19.9 Å². The van der Waals surface area contributed by atoms with E-state index in [1.54, 1.807) is 17.5 Å². The molecule has 154 valence electrons. The number of nitrogens with zero attached hydrogens (tertiary/aromatic N) is 2. The average molecular weight is 459 g/mol. The molecule has 0 amide bonds. The molecule has 0 spiro atoms. The zero-order valence-electron chi connectivity index (χ0n) is 15.0. The van der Waals surface area contributed by atoms with Crippen LogP contribution in [0.2, 0.25) is 0 Å². The van der Waals surface area contributed by atoms with E-state index in [2.05, 4.69) is 0 Å². The number of rotatable bonds is 4. The fraction of sp³-hybridized carbons (Fsp3) is 0.222. The van der Waals surface area contributed by atoms with Crippen molar-refractivity contribution in [2.24, 2.45) is 0 Å². The molecule has 0 aliphatic carbocycles. The fourth-order valence-electron chi connectivity index (χ4n) is 3.30. The van der Waals surface area contributed by atoms with Crippen molar-refractivity contribution in [3.05, 3.63) is 59.5 Å². The van der Waals surface area contributed by atoms with Gasteiger partial charge in [0.05, 0.1) is 26.2 Å². The second-order valence-electron chi connectivity index (χ2n) is 6.46. The molecule has 3 aromatic rings. The van der Waals surface area contributed by atoms with Crippen molar-refractivity contribution in [1.29, 1.82) is 0 Å². The molecule has 1 fully saturated rings. The third kappa shape index (κ3) is 3.56. The van der Waals surface area contributed by atoms with Crippen molar-refractivity contribution < 1.29 is 26.3 Å². The van der Waals surface area contributed by atoms with Crippen molar-refractivity contribution in [3.63, 3.8) is 0 Å². The van der Waals surface area contributed by atoms with Gasteiger partial charge in [-0.05, 0) is 24.3 Å². The molecule has 1 aromatic heterocycles. The standard InChI is InChI=1S/C18H16F2N2O4S3/c19-14-5-3-6-15(20)18(14)29(25,26)22-10-8-21(9-11-22)28(23,24)17-12-27-16-7-2-1-4-13(16)17/h1-7,12H,8-11H2. The van der Waals surface area contributed by atoms with Crippen LogP contribution in [0.5, 0.6) is 0 Å². The van der Waals surface area contributed by atoms with Crippen LogP contribution in [0.3, 0.4) is 0 Å². The zero-order chi connectivity index (χ0) is 20.8. The first-order valence-corrected chi connectivity index (χ1v) is 12.4. The first kappa shape index (κ1) is 20.7. The molecule has 2 unspecified atom stereocenters. The Bertz CT molecular complexity index is 1140. The van der Waals surface area contributed by atoms with Gasteiger partial charge >= 0.3 is 0 Å². The van der Waals surface area contributed by atoms with Crippen LogP contribution in [-0.2, 0) is 29.2 Å². The smallest absolute Gasteiger partial charge is 0.246 e. The Kier molecular flexibility index (Phi) is 5.40. The third-order valence-corrected chi connectivity index (χ3v) is 9.78. The molecule has 11 heteroatoms. The second-order valence-corrected chi connectivity index (χ2v) is 11.1. The summed E-state index contributed by atoms with van der Waals surface area (Å²) in [7, 11) is -8.24. The van der Waals surface area contributed by atoms with Gasteiger partial charge in [0.15, 0.2) is 37.3 Å². The number of benzene rings is 2. The van der Waals surface area contributed by atoms with Crippen molar-refractivity contribution in [2.45, 2.75) is 9.79 Å². The lowest BCUT2D eigenvalue weighted by Gasteiger charge is -2.36. The monoisotopic (exact) mass is 458 g/mol. The van der Waals surface area contributed by atoms with E-state index >= 15 is 0 Å². The maximum Gasteiger partial charge on any atom is 0.246 e. The maximum atomic E-state index is 14.0. The first-order valence-electron chi connectivity index (χ1n) is 8.63. The topological polar surface area (TPSA) is 86.7 Å². The quantitative estimate of drug-likeness (QED) is 0.562. The molecule has 29 heavy (non-hydrogen) atoms. The van der Waals surface area contributed by atoms with Gasteiger partial charge < -0.3 is 9.11 Å². The van der Waals surface area contributed by atoms with E-state index in [4.69, 9.17) is 0 Å². The van der Waals surface area contributed by atoms with Crippen LogP contribution in [0.4, 0.5) is 8.78 Å². The summed E-state index contributed by atoms with van der Waals surface area (Å²) in [6.45, 7) is -0.613. The van der Waals surface area contributed by atoms with Crippen molar-refractivity contribution in [3.8, 4) is 0 Å². The van der Waals surface area contributed by atoms with Crippen LogP contribution < -0.4 is 0 Å². The van der Waals surface area contributed by atoms with Crippen LogP contribution in [0.25, 0.3) is 10.1 Å². The first-order chi connectivity index (χ1) is 13.7. The Morgan fingerprint density at radius 2 is 1.38 bits per heavy atom. The third-order valence-electron chi connectivity index (χ3n) is 4.78. The number of hydrogen-bond acceptors (Lipinski definition) is 5. The summed E-state index contributed by atoms with van der Waals surface area (Å²) in [5, 5.41) is 2.18. The molecule has 2 heterocycles. The number of piperazine rings is 1. The Labute approximate surface area is 172 Å². The minimum absolute atomic E-state index is 0.109. The molecule has 0 bridgehead atoms. The minimum Gasteiger partial charge on any atom is -0.593 e. The predicted molar refractivity (Wildman–Crippen MR) is 106 cm³/mol. The lowest BCUT2D eigenvalue weighted by atomic mass is 10.3. The summed E-state index contributed by atoms with van der Waals surface area (Å²) in [5.74, 6) is -2.35. The number of halogens is 2. The van der Waals surface area contributed by atoms with E-state index < -0.39 is 37.3 Å². The number of thiophene rings is 1.